The average molecular weight is 497 g/mol. The molecule has 5 atom stereocenters. The summed E-state index contributed by atoms with van der Waals surface area (Å²) in [7, 11) is 0. The molecule has 196 valence electrons. The summed E-state index contributed by atoms with van der Waals surface area (Å²) >= 11 is 0. The Morgan fingerprint density at radius 2 is 2.03 bits per heavy atom. The average Bonchev–Trinajstić information content (AvgIpc) is 3.61. The Balaban J connectivity index is 1.10. The smallest absolute Gasteiger partial charge is 0.165 e. The number of aromatic hydroxyl groups is 1. The molecule has 36 heavy (non-hydrogen) atoms. The van der Waals surface area contributed by atoms with Crippen molar-refractivity contribution in [3.63, 3.8) is 0 Å². The number of hydrazine groups is 1. The number of imidazole rings is 1. The molecule has 1 saturated carbocycles. The van der Waals surface area contributed by atoms with Gasteiger partial charge in [0.05, 0.1) is 17.4 Å². The lowest BCUT2D eigenvalue weighted by molar-refractivity contribution is 0.187. The van der Waals surface area contributed by atoms with E-state index in [2.05, 4.69) is 39.5 Å². The second-order valence-electron chi connectivity index (χ2n) is 11.5. The number of hydrogen-bond donors (Lipinski definition) is 4. The van der Waals surface area contributed by atoms with Crippen molar-refractivity contribution in [2.75, 3.05) is 26.2 Å². The Morgan fingerprint density at radius 3 is 2.83 bits per heavy atom. The predicted octanol–water partition coefficient (Wildman–Crippen LogP) is 3.76. The highest BCUT2D eigenvalue weighted by Gasteiger charge is 2.43. The van der Waals surface area contributed by atoms with Gasteiger partial charge in [0.15, 0.2) is 11.6 Å². The summed E-state index contributed by atoms with van der Waals surface area (Å²) in [5.41, 5.74) is 11.7. The van der Waals surface area contributed by atoms with Gasteiger partial charge < -0.3 is 10.1 Å². The number of aromatic nitrogens is 2. The largest absolute Gasteiger partial charge is 0.505 e. The minimum atomic E-state index is -0.509. The molecule has 0 radical (unpaired) electrons. The molecule has 0 amide bonds. The number of halogens is 1. The first kappa shape index (κ1) is 24.3. The number of hydrogen-bond acceptors (Lipinski definition) is 6. The maximum absolute atomic E-state index is 14.2. The van der Waals surface area contributed by atoms with Crippen molar-refractivity contribution in [3.8, 4) is 5.75 Å². The Labute approximate surface area is 213 Å². The van der Waals surface area contributed by atoms with E-state index in [1.807, 2.05) is 0 Å². The van der Waals surface area contributed by atoms with Crippen LogP contribution in [-0.4, -0.2) is 63.1 Å². The van der Waals surface area contributed by atoms with Gasteiger partial charge in [0.2, 0.25) is 0 Å². The van der Waals surface area contributed by atoms with E-state index in [0.717, 1.165) is 74.7 Å². The number of H-pyrrole nitrogens is 1. The summed E-state index contributed by atoms with van der Waals surface area (Å²) in [5, 5.41) is 9.83. The van der Waals surface area contributed by atoms with Gasteiger partial charge >= 0.3 is 0 Å². The maximum Gasteiger partial charge on any atom is 0.165 e. The number of nitrogens with zero attached hydrogens (tertiary/aromatic N) is 3. The van der Waals surface area contributed by atoms with Crippen LogP contribution < -0.4 is 10.9 Å². The molecule has 8 heteroatoms. The van der Waals surface area contributed by atoms with Crippen molar-refractivity contribution in [2.24, 2.45) is 5.92 Å². The number of likely N-dealkylation sites (tertiary alicyclic amines) is 1. The van der Waals surface area contributed by atoms with Gasteiger partial charge in [0.25, 0.3) is 0 Å². The molecule has 4 unspecified atom stereocenters. The molecule has 1 aromatic carbocycles. The lowest BCUT2D eigenvalue weighted by Crippen LogP contribution is -2.39. The van der Waals surface area contributed by atoms with E-state index in [9.17, 15) is 9.50 Å². The van der Waals surface area contributed by atoms with Crippen LogP contribution in [0.5, 0.6) is 5.75 Å². The first-order chi connectivity index (χ1) is 17.5. The van der Waals surface area contributed by atoms with E-state index in [1.54, 1.807) is 12.1 Å². The Kier molecular flexibility index (Phi) is 6.79. The number of aryl methyl sites for hydroxylation is 1. The van der Waals surface area contributed by atoms with Crippen molar-refractivity contribution in [1.82, 2.24) is 30.6 Å². The van der Waals surface area contributed by atoms with E-state index in [-0.39, 0.29) is 11.8 Å². The van der Waals surface area contributed by atoms with Crippen LogP contribution in [-0.2, 0) is 19.4 Å². The molecule has 4 N–H and O–H groups in total. The van der Waals surface area contributed by atoms with Crippen molar-refractivity contribution in [2.45, 2.75) is 89.4 Å². The third kappa shape index (κ3) is 4.57. The zero-order valence-corrected chi connectivity index (χ0v) is 21.7. The minimum absolute atomic E-state index is 0.183. The van der Waals surface area contributed by atoms with Gasteiger partial charge in [-0.1, -0.05) is 6.92 Å². The highest BCUT2D eigenvalue weighted by atomic mass is 19.1. The number of phenols is 1. The monoisotopic (exact) mass is 496 g/mol. The highest BCUT2D eigenvalue weighted by Crippen LogP contribution is 2.44. The predicted molar refractivity (Wildman–Crippen MR) is 138 cm³/mol. The van der Waals surface area contributed by atoms with Crippen LogP contribution in [0, 0.1) is 11.7 Å². The van der Waals surface area contributed by atoms with Crippen LogP contribution in [0.3, 0.4) is 0 Å². The Bertz CT molecular complexity index is 1090. The zero-order valence-electron chi connectivity index (χ0n) is 21.7. The first-order valence-electron chi connectivity index (χ1n) is 14.1. The molecule has 4 heterocycles. The molecule has 3 aliphatic heterocycles. The van der Waals surface area contributed by atoms with Gasteiger partial charge in [0.1, 0.15) is 5.82 Å². The molecular weight excluding hydrogens is 455 g/mol. The summed E-state index contributed by atoms with van der Waals surface area (Å²) < 4.78 is 14.2. The minimum Gasteiger partial charge on any atom is -0.505 e. The van der Waals surface area contributed by atoms with Crippen LogP contribution in [0.4, 0.5) is 4.39 Å². The van der Waals surface area contributed by atoms with Crippen molar-refractivity contribution in [3.05, 3.63) is 46.3 Å². The van der Waals surface area contributed by atoms with E-state index in [4.69, 9.17) is 4.98 Å². The van der Waals surface area contributed by atoms with Crippen molar-refractivity contribution in [1.29, 1.82) is 0 Å². The molecule has 0 bridgehead atoms. The quantitative estimate of drug-likeness (QED) is 0.488. The van der Waals surface area contributed by atoms with Gasteiger partial charge in [-0.3, -0.25) is 15.2 Å². The normalized spacial score (nSPS) is 31.0. The number of nitrogens with one attached hydrogen (secondary N) is 3. The zero-order chi connectivity index (χ0) is 24.8. The first-order valence-corrected chi connectivity index (χ1v) is 14.1. The van der Waals surface area contributed by atoms with E-state index < -0.39 is 5.82 Å². The molecule has 6 rings (SSSR count). The molecule has 1 aromatic heterocycles. The number of rotatable bonds is 6. The van der Waals surface area contributed by atoms with Crippen LogP contribution >= 0.6 is 0 Å². The third-order valence-corrected chi connectivity index (χ3v) is 9.40. The molecule has 3 fully saturated rings. The number of phenolic OH excluding ortho intramolecular Hbond substituents is 1. The van der Waals surface area contributed by atoms with Gasteiger partial charge in [-0.05, 0) is 87.1 Å². The second-order valence-corrected chi connectivity index (χ2v) is 11.5. The summed E-state index contributed by atoms with van der Waals surface area (Å²) in [4.78, 5) is 14.0. The SMILES string of the molecule is CCc1cc(O)c(F)cc1C1CCC2C(C1)NNC2c1nc2c([nH]1)CN(CCN1CCC[C@@H]1C)CC2. The van der Waals surface area contributed by atoms with E-state index >= 15 is 0 Å². The van der Waals surface area contributed by atoms with Gasteiger partial charge in [-0.2, -0.15) is 0 Å². The standard InChI is InChI=1S/C28H41FN6O/c1-3-18-14-26(36)22(29)15-21(18)19-6-7-20-24(13-19)32-33-27(20)28-30-23-8-10-34(16-25(23)31-28)11-12-35-9-4-5-17(35)2/h14-15,17,19-20,24,27,32-33,36H,3-13,16H2,1-2H3,(H,30,31)/t17-,19?,20?,24?,27?/m0/s1. The van der Waals surface area contributed by atoms with E-state index in [1.165, 1.54) is 37.3 Å². The molecule has 4 aliphatic rings. The van der Waals surface area contributed by atoms with Crippen LogP contribution in [0.25, 0.3) is 0 Å². The van der Waals surface area contributed by atoms with Crippen LogP contribution in [0.15, 0.2) is 12.1 Å². The van der Waals surface area contributed by atoms with Crippen LogP contribution in [0.2, 0.25) is 0 Å². The number of fused-ring (bicyclic) bond motifs is 2. The third-order valence-electron chi connectivity index (χ3n) is 9.40. The van der Waals surface area contributed by atoms with Gasteiger partial charge in [-0.25, -0.2) is 14.8 Å². The lowest BCUT2D eigenvalue weighted by atomic mass is 9.73. The molecular formula is C28H41FN6O. The molecule has 2 saturated heterocycles. The fourth-order valence-electron chi connectivity index (χ4n) is 7.23. The maximum atomic E-state index is 14.2. The number of aromatic amines is 1. The Morgan fingerprint density at radius 1 is 1.14 bits per heavy atom. The number of benzene rings is 1. The molecule has 0 spiro atoms. The fraction of sp³-hybridized carbons (Fsp3) is 0.679. The highest BCUT2D eigenvalue weighted by molar-refractivity contribution is 5.39. The topological polar surface area (TPSA) is 79.4 Å². The molecule has 7 nitrogen and oxygen atoms in total. The second kappa shape index (κ2) is 10.0. The summed E-state index contributed by atoms with van der Waals surface area (Å²) in [5.74, 6) is 1.09. The summed E-state index contributed by atoms with van der Waals surface area (Å²) in [6.07, 6.45) is 7.56. The van der Waals surface area contributed by atoms with E-state index in [0.29, 0.717) is 17.9 Å². The lowest BCUT2D eigenvalue weighted by Gasteiger charge is -2.33. The summed E-state index contributed by atoms with van der Waals surface area (Å²) in [6.45, 7) is 10.0. The van der Waals surface area contributed by atoms with Crippen LogP contribution in [0.1, 0.15) is 86.3 Å². The molecule has 2 aromatic rings. The molecule has 1 aliphatic carbocycles. The van der Waals surface area contributed by atoms with Crippen molar-refractivity contribution >= 4 is 0 Å². The fourth-order valence-corrected chi connectivity index (χ4v) is 7.23. The van der Waals surface area contributed by atoms with Gasteiger partial charge in [-0.15, -0.1) is 0 Å². The van der Waals surface area contributed by atoms with Crippen molar-refractivity contribution < 1.29 is 9.50 Å². The summed E-state index contributed by atoms with van der Waals surface area (Å²) in [6, 6.07) is 4.42. The van der Waals surface area contributed by atoms with Gasteiger partial charge in [0, 0.05) is 44.7 Å². The Hall–Kier alpha value is -2.00.